The molecule has 0 unspecified atom stereocenters. The van der Waals surface area contributed by atoms with Crippen molar-refractivity contribution < 1.29 is 17.9 Å². The van der Waals surface area contributed by atoms with Crippen molar-refractivity contribution in [3.8, 4) is 0 Å². The Bertz CT molecular complexity index is 518. The number of thiocarbonyl (C=S) groups is 1. The number of ether oxygens (including phenoxy) is 1. The summed E-state index contributed by atoms with van der Waals surface area (Å²) in [5, 5.41) is 7.06. The van der Waals surface area contributed by atoms with Gasteiger partial charge in [0.15, 0.2) is 5.11 Å². The van der Waals surface area contributed by atoms with Crippen LogP contribution in [0, 0.1) is 0 Å². The highest BCUT2D eigenvalue weighted by Crippen LogP contribution is 2.29. The highest BCUT2D eigenvalue weighted by Gasteiger charge is 2.30. The van der Waals surface area contributed by atoms with Crippen LogP contribution >= 0.6 is 12.2 Å². The molecule has 0 saturated carbocycles. The SMILES string of the molecule is COCCNC(=S)N/N=C(/C)c1cccc(C(F)(F)F)c1. The molecule has 0 atom stereocenters. The van der Waals surface area contributed by atoms with Crippen LogP contribution in [0.1, 0.15) is 18.1 Å². The summed E-state index contributed by atoms with van der Waals surface area (Å²) in [4.78, 5) is 0. The first-order valence-electron chi connectivity index (χ1n) is 6.09. The molecule has 8 heteroatoms. The first kappa shape index (κ1) is 17.4. The molecule has 0 aromatic heterocycles. The molecule has 0 heterocycles. The largest absolute Gasteiger partial charge is 0.416 e. The average Bonchev–Trinajstić information content (AvgIpc) is 2.44. The maximum absolute atomic E-state index is 12.6. The number of methoxy groups -OCH3 is 1. The summed E-state index contributed by atoms with van der Waals surface area (Å²) in [6, 6.07) is 4.95. The summed E-state index contributed by atoms with van der Waals surface area (Å²) in [6.07, 6.45) is -4.37. The number of hydrogen-bond donors (Lipinski definition) is 2. The van der Waals surface area contributed by atoms with Gasteiger partial charge in [0.1, 0.15) is 0 Å². The molecule has 2 N–H and O–H groups in total. The quantitative estimate of drug-likeness (QED) is 0.379. The molecule has 0 saturated heterocycles. The molecule has 1 aromatic rings. The number of nitrogens with one attached hydrogen (secondary N) is 2. The molecule has 0 amide bonds. The number of alkyl halides is 3. The van der Waals surface area contributed by atoms with E-state index >= 15 is 0 Å². The summed E-state index contributed by atoms with van der Waals surface area (Å²) in [5.74, 6) is 0. The standard InChI is InChI=1S/C13H16F3N3OS/c1-9(18-19-12(21)17-6-7-20-2)10-4-3-5-11(8-10)13(14,15)16/h3-5,8H,6-7H2,1-2H3,(H2,17,19,21)/b18-9-. The lowest BCUT2D eigenvalue weighted by atomic mass is 10.1. The monoisotopic (exact) mass is 319 g/mol. The zero-order chi connectivity index (χ0) is 15.9. The molecule has 1 rings (SSSR count). The number of benzene rings is 1. The number of halogens is 3. The second-order valence-electron chi connectivity index (χ2n) is 4.14. The van der Waals surface area contributed by atoms with Gasteiger partial charge in [0.25, 0.3) is 0 Å². The zero-order valence-electron chi connectivity index (χ0n) is 11.6. The summed E-state index contributed by atoms with van der Waals surface area (Å²) < 4.78 is 42.7. The van der Waals surface area contributed by atoms with E-state index in [1.54, 1.807) is 20.1 Å². The summed E-state index contributed by atoms with van der Waals surface area (Å²) >= 11 is 4.96. The van der Waals surface area contributed by atoms with Gasteiger partial charge < -0.3 is 10.1 Å². The highest BCUT2D eigenvalue weighted by atomic mass is 32.1. The van der Waals surface area contributed by atoms with Crippen molar-refractivity contribution in [3.63, 3.8) is 0 Å². The topological polar surface area (TPSA) is 45.6 Å². The van der Waals surface area contributed by atoms with Crippen LogP contribution < -0.4 is 10.7 Å². The zero-order valence-corrected chi connectivity index (χ0v) is 12.4. The van der Waals surface area contributed by atoms with Crippen LogP contribution in [0.3, 0.4) is 0 Å². The van der Waals surface area contributed by atoms with Crippen molar-refractivity contribution in [2.75, 3.05) is 20.3 Å². The first-order chi connectivity index (χ1) is 9.84. The maximum atomic E-state index is 12.6. The Balaban J connectivity index is 2.68. The second kappa shape index (κ2) is 7.94. The first-order valence-corrected chi connectivity index (χ1v) is 6.50. The van der Waals surface area contributed by atoms with Gasteiger partial charge in [-0.05, 0) is 36.8 Å². The van der Waals surface area contributed by atoms with Crippen molar-refractivity contribution in [1.29, 1.82) is 0 Å². The lowest BCUT2D eigenvalue weighted by Gasteiger charge is -2.09. The van der Waals surface area contributed by atoms with Gasteiger partial charge in [0.05, 0.1) is 17.9 Å². The van der Waals surface area contributed by atoms with Crippen molar-refractivity contribution in [2.45, 2.75) is 13.1 Å². The van der Waals surface area contributed by atoms with Crippen LogP contribution in [0.5, 0.6) is 0 Å². The minimum atomic E-state index is -4.37. The molecule has 0 aliphatic heterocycles. The number of nitrogens with zero attached hydrogens (tertiary/aromatic N) is 1. The molecule has 4 nitrogen and oxygen atoms in total. The summed E-state index contributed by atoms with van der Waals surface area (Å²) in [5.41, 5.74) is 2.63. The molecule has 1 aromatic carbocycles. The molecule has 0 fully saturated rings. The van der Waals surface area contributed by atoms with Crippen molar-refractivity contribution in [3.05, 3.63) is 35.4 Å². The Morgan fingerprint density at radius 2 is 2.10 bits per heavy atom. The van der Waals surface area contributed by atoms with E-state index in [9.17, 15) is 13.2 Å². The third-order valence-electron chi connectivity index (χ3n) is 2.52. The van der Waals surface area contributed by atoms with Gasteiger partial charge in [-0.25, -0.2) is 0 Å². The van der Waals surface area contributed by atoms with E-state index < -0.39 is 11.7 Å². The molecule has 116 valence electrons. The molecule has 0 aliphatic rings. The van der Waals surface area contributed by atoms with E-state index in [2.05, 4.69) is 15.8 Å². The van der Waals surface area contributed by atoms with E-state index in [0.29, 0.717) is 24.4 Å². The van der Waals surface area contributed by atoms with Gasteiger partial charge in [0, 0.05) is 13.7 Å². The lowest BCUT2D eigenvalue weighted by molar-refractivity contribution is -0.137. The van der Waals surface area contributed by atoms with Crippen LogP contribution in [0.15, 0.2) is 29.4 Å². The Hall–Kier alpha value is -1.67. The minimum absolute atomic E-state index is 0.276. The van der Waals surface area contributed by atoms with Crippen LogP contribution in [-0.4, -0.2) is 31.1 Å². The smallest absolute Gasteiger partial charge is 0.383 e. The Labute approximate surface area is 126 Å². The molecule has 0 bridgehead atoms. The third-order valence-corrected chi connectivity index (χ3v) is 2.76. The van der Waals surface area contributed by atoms with E-state index in [0.717, 1.165) is 12.1 Å². The van der Waals surface area contributed by atoms with Crippen LogP contribution in [0.4, 0.5) is 13.2 Å². The fraction of sp³-hybridized carbons (Fsp3) is 0.385. The molecule has 21 heavy (non-hydrogen) atoms. The number of hydrogen-bond acceptors (Lipinski definition) is 3. The predicted octanol–water partition coefficient (Wildman–Crippen LogP) is 2.54. The fourth-order valence-corrected chi connectivity index (χ4v) is 1.57. The van der Waals surface area contributed by atoms with Crippen LogP contribution in [0.25, 0.3) is 0 Å². The summed E-state index contributed by atoms with van der Waals surface area (Å²) in [6.45, 7) is 2.60. The molecule has 0 aliphatic carbocycles. The highest BCUT2D eigenvalue weighted by molar-refractivity contribution is 7.80. The molecular weight excluding hydrogens is 303 g/mol. The Morgan fingerprint density at radius 1 is 1.38 bits per heavy atom. The Kier molecular flexibility index (Phi) is 6.57. The average molecular weight is 319 g/mol. The van der Waals surface area contributed by atoms with Gasteiger partial charge in [-0.15, -0.1) is 0 Å². The number of hydrazone groups is 1. The van der Waals surface area contributed by atoms with Gasteiger partial charge in [0.2, 0.25) is 0 Å². The van der Waals surface area contributed by atoms with Crippen molar-refractivity contribution >= 4 is 23.0 Å². The van der Waals surface area contributed by atoms with Crippen molar-refractivity contribution in [2.24, 2.45) is 5.10 Å². The van der Waals surface area contributed by atoms with Crippen LogP contribution in [-0.2, 0) is 10.9 Å². The van der Waals surface area contributed by atoms with Gasteiger partial charge >= 0.3 is 6.18 Å². The fourth-order valence-electron chi connectivity index (χ4n) is 1.43. The van der Waals surface area contributed by atoms with Crippen LogP contribution in [0.2, 0.25) is 0 Å². The van der Waals surface area contributed by atoms with Gasteiger partial charge in [-0.3, -0.25) is 5.43 Å². The maximum Gasteiger partial charge on any atom is 0.416 e. The molecular formula is C13H16F3N3OS. The Morgan fingerprint density at radius 3 is 2.71 bits per heavy atom. The second-order valence-corrected chi connectivity index (χ2v) is 4.54. The minimum Gasteiger partial charge on any atom is -0.383 e. The normalized spacial score (nSPS) is 12.1. The third kappa shape index (κ3) is 6.09. The lowest BCUT2D eigenvalue weighted by Crippen LogP contribution is -2.34. The predicted molar refractivity (Wildman–Crippen MR) is 79.3 cm³/mol. The van der Waals surface area contributed by atoms with Gasteiger partial charge in [-0.2, -0.15) is 18.3 Å². The molecule has 0 spiro atoms. The summed E-state index contributed by atoms with van der Waals surface area (Å²) in [7, 11) is 1.56. The number of rotatable bonds is 5. The molecule has 0 radical (unpaired) electrons. The van der Waals surface area contributed by atoms with E-state index in [1.807, 2.05) is 0 Å². The van der Waals surface area contributed by atoms with E-state index in [4.69, 9.17) is 17.0 Å². The van der Waals surface area contributed by atoms with Gasteiger partial charge in [-0.1, -0.05) is 12.1 Å². The van der Waals surface area contributed by atoms with Crippen molar-refractivity contribution in [1.82, 2.24) is 10.7 Å². The van der Waals surface area contributed by atoms with E-state index in [1.165, 1.54) is 6.07 Å². The van der Waals surface area contributed by atoms with E-state index in [-0.39, 0.29) is 5.11 Å².